The normalized spacial score (nSPS) is 17.6. The zero-order chi connectivity index (χ0) is 28.2. The van der Waals surface area contributed by atoms with Crippen LogP contribution in [0.15, 0.2) is 38.9 Å². The topological polar surface area (TPSA) is 66.0 Å². The van der Waals surface area contributed by atoms with Gasteiger partial charge in [-0.15, -0.1) is 23.5 Å². The molecule has 10 heteroatoms. The highest BCUT2D eigenvalue weighted by molar-refractivity contribution is 8.42. The Labute approximate surface area is 265 Å². The van der Waals surface area contributed by atoms with Crippen molar-refractivity contribution in [1.29, 1.82) is 10.5 Å². The van der Waals surface area contributed by atoms with Gasteiger partial charge >= 0.3 is 0 Å². The Kier molecular flexibility index (Phi) is 14.2. The zero-order valence-corrected chi connectivity index (χ0v) is 28.1. The van der Waals surface area contributed by atoms with E-state index in [0.29, 0.717) is 37.6 Å². The van der Waals surface area contributed by atoms with Gasteiger partial charge in [0.25, 0.3) is 0 Å². The molecule has 3 aliphatic heterocycles. The largest absolute Gasteiger partial charge is 0.372 e. The van der Waals surface area contributed by atoms with E-state index in [4.69, 9.17) is 9.47 Å². The number of benzene rings is 1. The highest BCUT2D eigenvalue weighted by Crippen LogP contribution is 2.63. The number of ether oxygens (including phenoxy) is 2. The lowest BCUT2D eigenvalue weighted by molar-refractivity contribution is 0.123. The first kappa shape index (κ1) is 32.4. The molecule has 0 atom stereocenters. The quantitative estimate of drug-likeness (QED) is 0.205. The van der Waals surface area contributed by atoms with Crippen LogP contribution < -0.4 is 0 Å². The molecule has 0 radical (unpaired) electrons. The third-order valence-corrected chi connectivity index (χ3v) is 15.3. The maximum absolute atomic E-state index is 9.43. The van der Waals surface area contributed by atoms with Crippen LogP contribution in [0.5, 0.6) is 0 Å². The Balaban J connectivity index is 1.40. The van der Waals surface area contributed by atoms with Gasteiger partial charge in [0.2, 0.25) is 0 Å². The van der Waals surface area contributed by atoms with E-state index < -0.39 is 0 Å². The summed E-state index contributed by atoms with van der Waals surface area (Å²) in [4.78, 5) is 2.45. The Bertz CT molecular complexity index is 1140. The van der Waals surface area contributed by atoms with E-state index in [1.54, 1.807) is 12.1 Å². The van der Waals surface area contributed by atoms with Gasteiger partial charge in [0.05, 0.1) is 54.5 Å². The summed E-state index contributed by atoms with van der Waals surface area (Å²) >= 11 is 11.7. The number of nitriles is 2. The molecular weight excluding hydrogens is 613 g/mol. The van der Waals surface area contributed by atoms with Gasteiger partial charge in [-0.25, -0.2) is 0 Å². The van der Waals surface area contributed by atoms with Gasteiger partial charge < -0.3 is 9.47 Å². The molecule has 0 aliphatic carbocycles. The van der Waals surface area contributed by atoms with E-state index in [9.17, 15) is 10.5 Å². The minimum Gasteiger partial charge on any atom is -0.372 e. The number of nitrogens with zero attached hydrogens (tertiary/aromatic N) is 2. The lowest BCUT2D eigenvalue weighted by Gasteiger charge is -2.15. The first-order valence-electron chi connectivity index (χ1n) is 14.0. The molecular formula is C30H36N2O2S6. The molecule has 0 spiro atoms. The summed E-state index contributed by atoms with van der Waals surface area (Å²) in [6.07, 6.45) is 10.4. The fourth-order valence-electron chi connectivity index (χ4n) is 4.23. The lowest BCUT2D eigenvalue weighted by atomic mass is 10.00. The molecule has 0 aromatic heterocycles. The standard InChI is InChI=1S/C30H36N2O2S6/c1-3-5-7-9-11-35-27-28(36-12-10-8-6-4-2)40-30(39-27)29-37-25-19-33-17-23-13-21(15-31)22(16-32)14-24(23)18-34-20-26(25)38-29/h13-14H,3-12,17-20H2,1-2H3. The molecule has 3 aliphatic rings. The number of fused-ring (bicyclic) bond motifs is 1. The van der Waals surface area contributed by atoms with Crippen molar-refractivity contribution < 1.29 is 9.47 Å². The maximum Gasteiger partial charge on any atom is 0.101 e. The second-order valence-corrected chi connectivity index (χ2v) is 17.1. The van der Waals surface area contributed by atoms with E-state index in [1.165, 1.54) is 89.6 Å². The fourth-order valence-corrected chi connectivity index (χ4v) is 13.1. The minimum atomic E-state index is 0.389. The summed E-state index contributed by atoms with van der Waals surface area (Å²) in [5.74, 6) is 2.40. The van der Waals surface area contributed by atoms with E-state index in [-0.39, 0.29) is 0 Å². The van der Waals surface area contributed by atoms with Crippen molar-refractivity contribution in [3.63, 3.8) is 0 Å². The van der Waals surface area contributed by atoms with E-state index in [2.05, 4.69) is 26.0 Å². The average molecular weight is 649 g/mol. The van der Waals surface area contributed by atoms with Crippen LogP contribution in [-0.4, -0.2) is 24.7 Å². The van der Waals surface area contributed by atoms with Gasteiger partial charge in [0, 0.05) is 9.81 Å². The number of hydrogen-bond acceptors (Lipinski definition) is 10. The van der Waals surface area contributed by atoms with Crippen LogP contribution in [0.4, 0.5) is 0 Å². The molecule has 1 aromatic carbocycles. The first-order chi connectivity index (χ1) is 19.7. The Morgan fingerprint density at radius 3 is 1.52 bits per heavy atom. The van der Waals surface area contributed by atoms with Crippen LogP contribution in [0.1, 0.15) is 87.5 Å². The van der Waals surface area contributed by atoms with Crippen molar-refractivity contribution in [3.05, 3.63) is 61.1 Å². The highest BCUT2D eigenvalue weighted by atomic mass is 32.3. The predicted molar refractivity (Wildman–Crippen MR) is 180 cm³/mol. The molecule has 4 nitrogen and oxygen atoms in total. The van der Waals surface area contributed by atoms with E-state index in [1.807, 2.05) is 70.6 Å². The number of thioether (sulfide) groups is 6. The third kappa shape index (κ3) is 9.22. The Morgan fingerprint density at radius 1 is 0.650 bits per heavy atom. The van der Waals surface area contributed by atoms with Gasteiger partial charge in [-0.3, -0.25) is 0 Å². The molecule has 1 aromatic rings. The average Bonchev–Trinajstić information content (AvgIpc) is 3.57. The molecule has 0 saturated carbocycles. The van der Waals surface area contributed by atoms with Crippen LogP contribution in [0.3, 0.4) is 0 Å². The molecule has 40 heavy (non-hydrogen) atoms. The first-order valence-corrected chi connectivity index (χ1v) is 19.2. The lowest BCUT2D eigenvalue weighted by Crippen LogP contribution is -2.08. The van der Waals surface area contributed by atoms with Crippen LogP contribution in [0.25, 0.3) is 0 Å². The van der Waals surface area contributed by atoms with Gasteiger partial charge in [0.15, 0.2) is 0 Å². The van der Waals surface area contributed by atoms with Crippen molar-refractivity contribution in [2.75, 3.05) is 24.7 Å². The van der Waals surface area contributed by atoms with Crippen molar-refractivity contribution in [1.82, 2.24) is 0 Å². The Morgan fingerprint density at radius 2 is 1.10 bits per heavy atom. The number of unbranched alkanes of at least 4 members (excludes halogenated alkanes) is 6. The summed E-state index contributed by atoms with van der Waals surface area (Å²) in [6.45, 7) is 6.38. The molecule has 4 rings (SSSR count). The van der Waals surface area contributed by atoms with Crippen LogP contribution in [-0.2, 0) is 22.7 Å². The molecule has 0 bridgehead atoms. The number of rotatable bonds is 12. The third-order valence-electron chi connectivity index (χ3n) is 6.47. The fraction of sp³-hybridized carbons (Fsp3) is 0.533. The van der Waals surface area contributed by atoms with Crippen LogP contribution in [0.2, 0.25) is 0 Å². The molecule has 0 amide bonds. The molecule has 3 heterocycles. The van der Waals surface area contributed by atoms with Gasteiger partial charge in [-0.05, 0) is 47.6 Å². The highest BCUT2D eigenvalue weighted by Gasteiger charge is 2.31. The molecule has 0 saturated heterocycles. The van der Waals surface area contributed by atoms with Gasteiger partial charge in [-0.2, -0.15) is 10.5 Å². The summed E-state index contributed by atoms with van der Waals surface area (Å²) in [5, 5.41) is 18.9. The summed E-state index contributed by atoms with van der Waals surface area (Å²) < 4.78 is 18.0. The zero-order valence-electron chi connectivity index (χ0n) is 23.2. The second-order valence-electron chi connectivity index (χ2n) is 9.60. The molecule has 214 valence electrons. The van der Waals surface area contributed by atoms with Gasteiger partial charge in [-0.1, -0.05) is 99.4 Å². The SMILES string of the molecule is CCCCCCSC1=C(SCCCCCC)SC(=C2SC3=C(COCc4cc(C#N)c(C#N)cc4COC3)S2)S1. The summed E-state index contributed by atoms with van der Waals surface area (Å²) in [7, 11) is 0. The molecule has 0 fully saturated rings. The van der Waals surface area contributed by atoms with Crippen molar-refractivity contribution in [2.45, 2.75) is 78.4 Å². The number of hydrogen-bond donors (Lipinski definition) is 0. The Hall–Kier alpha value is -0.560. The summed E-state index contributed by atoms with van der Waals surface area (Å²) in [5.41, 5.74) is 2.61. The van der Waals surface area contributed by atoms with Crippen LogP contribution >= 0.6 is 70.6 Å². The smallest absolute Gasteiger partial charge is 0.101 e. The molecule has 0 unspecified atom stereocenters. The van der Waals surface area contributed by atoms with Gasteiger partial charge in [0.1, 0.15) is 12.1 Å². The molecule has 0 N–H and O–H groups in total. The minimum absolute atomic E-state index is 0.389. The predicted octanol–water partition coefficient (Wildman–Crippen LogP) is 10.5. The van der Waals surface area contributed by atoms with Crippen LogP contribution in [0, 0.1) is 22.7 Å². The second kappa shape index (κ2) is 17.5. The van der Waals surface area contributed by atoms with Crippen molar-refractivity contribution >= 4 is 70.6 Å². The summed E-state index contributed by atoms with van der Waals surface area (Å²) in [6, 6.07) is 7.81. The van der Waals surface area contributed by atoms with Crippen molar-refractivity contribution in [2.24, 2.45) is 0 Å². The van der Waals surface area contributed by atoms with Crippen molar-refractivity contribution in [3.8, 4) is 12.1 Å². The monoisotopic (exact) mass is 648 g/mol. The van der Waals surface area contributed by atoms with E-state index >= 15 is 0 Å². The maximum atomic E-state index is 9.43. The van der Waals surface area contributed by atoms with E-state index in [0.717, 1.165) is 11.1 Å².